The van der Waals surface area contributed by atoms with Crippen LogP contribution in [0.4, 0.5) is 0 Å². The van der Waals surface area contributed by atoms with E-state index in [2.05, 4.69) is 15.5 Å². The van der Waals surface area contributed by atoms with Gasteiger partial charge >= 0.3 is 0 Å². The summed E-state index contributed by atoms with van der Waals surface area (Å²) in [7, 11) is 0. The zero-order valence-electron chi connectivity index (χ0n) is 10.6. The van der Waals surface area contributed by atoms with Crippen LogP contribution in [-0.2, 0) is 9.53 Å². The van der Waals surface area contributed by atoms with Gasteiger partial charge in [-0.1, -0.05) is 0 Å². The standard InChI is InChI=1S/C12H23N3O2/c1-10-11(3-8-17-10)14-12(16)9-15-6-2-4-13-5-7-15/h10-11,13H,2-9H2,1H3,(H,14,16). The Bertz CT molecular complexity index is 252. The number of nitrogens with one attached hydrogen (secondary N) is 2. The van der Waals surface area contributed by atoms with Gasteiger partial charge in [0.15, 0.2) is 0 Å². The molecule has 0 saturated carbocycles. The van der Waals surface area contributed by atoms with Crippen molar-refractivity contribution in [3.8, 4) is 0 Å². The first-order valence-corrected chi connectivity index (χ1v) is 6.60. The van der Waals surface area contributed by atoms with Crippen LogP contribution in [0.3, 0.4) is 0 Å². The van der Waals surface area contributed by atoms with Crippen molar-refractivity contribution in [1.29, 1.82) is 0 Å². The Morgan fingerprint density at radius 1 is 1.47 bits per heavy atom. The summed E-state index contributed by atoms with van der Waals surface area (Å²) in [6.07, 6.45) is 2.22. The minimum Gasteiger partial charge on any atom is -0.376 e. The molecule has 5 heteroatoms. The van der Waals surface area contributed by atoms with E-state index < -0.39 is 0 Å². The van der Waals surface area contributed by atoms with Gasteiger partial charge < -0.3 is 15.4 Å². The third-order valence-corrected chi connectivity index (χ3v) is 3.52. The Morgan fingerprint density at radius 3 is 3.12 bits per heavy atom. The third kappa shape index (κ3) is 3.94. The van der Waals surface area contributed by atoms with Gasteiger partial charge in [-0.25, -0.2) is 0 Å². The molecule has 2 aliphatic heterocycles. The largest absolute Gasteiger partial charge is 0.376 e. The number of carbonyl (C=O) groups excluding carboxylic acids is 1. The summed E-state index contributed by atoms with van der Waals surface area (Å²) < 4.78 is 5.44. The molecular weight excluding hydrogens is 218 g/mol. The van der Waals surface area contributed by atoms with Gasteiger partial charge in [0, 0.05) is 19.7 Å². The maximum Gasteiger partial charge on any atom is 0.234 e. The van der Waals surface area contributed by atoms with Gasteiger partial charge in [0.2, 0.25) is 5.91 Å². The SMILES string of the molecule is CC1OCCC1NC(=O)CN1CCCNCC1. The maximum absolute atomic E-state index is 11.9. The fourth-order valence-electron chi connectivity index (χ4n) is 2.44. The summed E-state index contributed by atoms with van der Waals surface area (Å²) >= 11 is 0. The molecule has 2 heterocycles. The van der Waals surface area contributed by atoms with Crippen molar-refractivity contribution in [1.82, 2.24) is 15.5 Å². The molecule has 2 fully saturated rings. The van der Waals surface area contributed by atoms with Crippen LogP contribution in [0.15, 0.2) is 0 Å². The minimum absolute atomic E-state index is 0.134. The van der Waals surface area contributed by atoms with Gasteiger partial charge in [-0.3, -0.25) is 9.69 Å². The average molecular weight is 241 g/mol. The van der Waals surface area contributed by atoms with Crippen molar-refractivity contribution in [2.45, 2.75) is 31.9 Å². The molecule has 0 aromatic carbocycles. The van der Waals surface area contributed by atoms with Crippen molar-refractivity contribution < 1.29 is 9.53 Å². The molecule has 0 radical (unpaired) electrons. The predicted octanol–water partition coefficient (Wildman–Crippen LogP) is -0.425. The number of nitrogens with zero attached hydrogens (tertiary/aromatic N) is 1. The van der Waals surface area contributed by atoms with Crippen molar-refractivity contribution in [3.05, 3.63) is 0 Å². The Labute approximate surface area is 103 Å². The van der Waals surface area contributed by atoms with Gasteiger partial charge in [-0.15, -0.1) is 0 Å². The number of ether oxygens (including phenoxy) is 1. The molecule has 2 rings (SSSR count). The number of hydrogen-bond donors (Lipinski definition) is 2. The second-order valence-electron chi connectivity index (χ2n) is 4.92. The first-order chi connectivity index (χ1) is 8.25. The smallest absolute Gasteiger partial charge is 0.234 e. The van der Waals surface area contributed by atoms with E-state index >= 15 is 0 Å². The highest BCUT2D eigenvalue weighted by Gasteiger charge is 2.26. The summed E-state index contributed by atoms with van der Waals surface area (Å²) in [5.41, 5.74) is 0. The summed E-state index contributed by atoms with van der Waals surface area (Å²) in [4.78, 5) is 14.1. The van der Waals surface area contributed by atoms with Crippen LogP contribution in [-0.4, -0.2) is 62.3 Å². The molecule has 2 saturated heterocycles. The number of hydrogen-bond acceptors (Lipinski definition) is 4. The molecule has 0 aromatic heterocycles. The van der Waals surface area contributed by atoms with Crippen molar-refractivity contribution in [2.24, 2.45) is 0 Å². The molecule has 0 aliphatic carbocycles. The van der Waals surface area contributed by atoms with Crippen LogP contribution in [0.25, 0.3) is 0 Å². The number of carbonyl (C=O) groups is 1. The first-order valence-electron chi connectivity index (χ1n) is 6.60. The van der Waals surface area contributed by atoms with Crippen LogP contribution in [0, 0.1) is 0 Å². The van der Waals surface area contributed by atoms with E-state index in [4.69, 9.17) is 4.74 Å². The Balaban J connectivity index is 1.72. The first kappa shape index (κ1) is 12.8. The summed E-state index contributed by atoms with van der Waals surface area (Å²) in [5.74, 6) is 0.134. The topological polar surface area (TPSA) is 53.6 Å². The van der Waals surface area contributed by atoms with E-state index in [-0.39, 0.29) is 18.1 Å². The second kappa shape index (κ2) is 6.33. The van der Waals surface area contributed by atoms with Crippen LogP contribution < -0.4 is 10.6 Å². The molecule has 0 spiro atoms. The molecule has 2 atom stereocenters. The molecule has 2 N–H and O–H groups in total. The van der Waals surface area contributed by atoms with Crippen molar-refractivity contribution in [3.63, 3.8) is 0 Å². The van der Waals surface area contributed by atoms with E-state index in [9.17, 15) is 4.79 Å². The minimum atomic E-state index is 0.134. The van der Waals surface area contributed by atoms with Gasteiger partial charge in [-0.05, 0) is 32.9 Å². The van der Waals surface area contributed by atoms with Crippen LogP contribution in [0.2, 0.25) is 0 Å². The van der Waals surface area contributed by atoms with E-state index in [0.717, 1.165) is 45.6 Å². The van der Waals surface area contributed by atoms with Crippen molar-refractivity contribution in [2.75, 3.05) is 39.3 Å². The summed E-state index contributed by atoms with van der Waals surface area (Å²) in [6, 6.07) is 0.201. The van der Waals surface area contributed by atoms with E-state index in [1.54, 1.807) is 0 Å². The van der Waals surface area contributed by atoms with Gasteiger partial charge in [-0.2, -0.15) is 0 Å². The molecule has 1 amide bonds. The molecule has 2 aliphatic rings. The van der Waals surface area contributed by atoms with Crippen molar-refractivity contribution >= 4 is 5.91 Å². The molecule has 2 unspecified atom stereocenters. The highest BCUT2D eigenvalue weighted by molar-refractivity contribution is 5.78. The summed E-state index contributed by atoms with van der Waals surface area (Å²) in [6.45, 7) is 7.32. The highest BCUT2D eigenvalue weighted by atomic mass is 16.5. The van der Waals surface area contributed by atoms with E-state index in [1.165, 1.54) is 0 Å². The fraction of sp³-hybridized carbons (Fsp3) is 0.917. The number of amides is 1. The highest BCUT2D eigenvalue weighted by Crippen LogP contribution is 2.12. The van der Waals surface area contributed by atoms with Crippen LogP contribution >= 0.6 is 0 Å². The Kier molecular flexibility index (Phi) is 4.76. The molecule has 5 nitrogen and oxygen atoms in total. The number of rotatable bonds is 3. The fourth-order valence-corrected chi connectivity index (χ4v) is 2.44. The van der Waals surface area contributed by atoms with E-state index in [0.29, 0.717) is 6.54 Å². The quantitative estimate of drug-likeness (QED) is 0.704. The monoisotopic (exact) mass is 241 g/mol. The molecule has 98 valence electrons. The summed E-state index contributed by atoms with van der Waals surface area (Å²) in [5, 5.41) is 6.41. The lowest BCUT2D eigenvalue weighted by Gasteiger charge is -2.21. The third-order valence-electron chi connectivity index (χ3n) is 3.52. The molecular formula is C12H23N3O2. The van der Waals surface area contributed by atoms with Crippen LogP contribution in [0.5, 0.6) is 0 Å². The second-order valence-corrected chi connectivity index (χ2v) is 4.92. The van der Waals surface area contributed by atoms with Gasteiger partial charge in [0.1, 0.15) is 0 Å². The lowest BCUT2D eigenvalue weighted by atomic mass is 10.1. The lowest BCUT2D eigenvalue weighted by Crippen LogP contribution is -2.45. The Morgan fingerprint density at radius 2 is 2.35 bits per heavy atom. The van der Waals surface area contributed by atoms with Crippen LogP contribution in [0.1, 0.15) is 19.8 Å². The van der Waals surface area contributed by atoms with Gasteiger partial charge in [0.05, 0.1) is 18.7 Å². The normalized spacial score (nSPS) is 31.1. The lowest BCUT2D eigenvalue weighted by molar-refractivity contribution is -0.123. The maximum atomic E-state index is 11.9. The van der Waals surface area contributed by atoms with E-state index in [1.807, 2.05) is 6.92 Å². The zero-order valence-corrected chi connectivity index (χ0v) is 10.6. The molecule has 17 heavy (non-hydrogen) atoms. The molecule has 0 aromatic rings. The zero-order chi connectivity index (χ0) is 12.1. The Hall–Kier alpha value is -0.650. The predicted molar refractivity (Wildman–Crippen MR) is 65.9 cm³/mol. The average Bonchev–Trinajstić information content (AvgIpc) is 2.55. The molecule has 0 bridgehead atoms. The van der Waals surface area contributed by atoms with Gasteiger partial charge in [0.25, 0.3) is 0 Å².